The van der Waals surface area contributed by atoms with Gasteiger partial charge < -0.3 is 14.6 Å². The zero-order chi connectivity index (χ0) is 16.9. The van der Waals surface area contributed by atoms with E-state index in [4.69, 9.17) is 4.74 Å². The summed E-state index contributed by atoms with van der Waals surface area (Å²) in [5.41, 5.74) is 1.83. The minimum absolute atomic E-state index is 0.0310. The Bertz CT molecular complexity index is 825. The van der Waals surface area contributed by atoms with Gasteiger partial charge in [-0.05, 0) is 36.2 Å². The number of aromatic nitrogens is 2. The molecule has 0 unspecified atom stereocenters. The fraction of sp³-hybridized carbons (Fsp3) is 0.263. The van der Waals surface area contributed by atoms with Gasteiger partial charge in [0.15, 0.2) is 6.61 Å². The molecule has 1 aromatic carbocycles. The van der Waals surface area contributed by atoms with Crippen LogP contribution >= 0.6 is 0 Å². The second-order valence-corrected chi connectivity index (χ2v) is 6.12. The van der Waals surface area contributed by atoms with Crippen LogP contribution in [-0.2, 0) is 11.3 Å². The van der Waals surface area contributed by atoms with Gasteiger partial charge in [-0.1, -0.05) is 19.9 Å². The number of benzene rings is 1. The monoisotopic (exact) mass is 323 g/mol. The summed E-state index contributed by atoms with van der Waals surface area (Å²) in [6.45, 7) is 5.30. The number of hydrogen-bond acceptors (Lipinski definition) is 3. The van der Waals surface area contributed by atoms with E-state index < -0.39 is 0 Å². The van der Waals surface area contributed by atoms with Crippen molar-refractivity contribution >= 4 is 22.5 Å². The van der Waals surface area contributed by atoms with Crippen molar-refractivity contribution in [2.24, 2.45) is 5.92 Å². The number of anilines is 1. The first-order valence-corrected chi connectivity index (χ1v) is 8.04. The highest BCUT2D eigenvalue weighted by Crippen LogP contribution is 2.27. The van der Waals surface area contributed by atoms with Crippen LogP contribution in [-0.4, -0.2) is 22.1 Å². The topological polar surface area (TPSA) is 56.1 Å². The fourth-order valence-electron chi connectivity index (χ4n) is 2.65. The Kier molecular flexibility index (Phi) is 4.79. The number of nitrogens with one attached hydrogen (secondary N) is 1. The first kappa shape index (κ1) is 16.1. The van der Waals surface area contributed by atoms with Crippen LogP contribution in [0.4, 0.5) is 5.69 Å². The van der Waals surface area contributed by atoms with E-state index in [2.05, 4.69) is 41.0 Å². The Morgan fingerprint density at radius 1 is 1.21 bits per heavy atom. The minimum atomic E-state index is -0.195. The Morgan fingerprint density at radius 3 is 2.75 bits per heavy atom. The molecule has 0 aliphatic carbocycles. The average Bonchev–Trinajstić information content (AvgIpc) is 2.97. The smallest absolute Gasteiger partial charge is 0.262 e. The largest absolute Gasteiger partial charge is 0.483 e. The maximum atomic E-state index is 12.0. The first-order valence-electron chi connectivity index (χ1n) is 8.04. The lowest BCUT2D eigenvalue weighted by atomic mass is 10.2. The molecule has 0 atom stereocenters. The zero-order valence-electron chi connectivity index (χ0n) is 13.9. The van der Waals surface area contributed by atoms with Gasteiger partial charge in [-0.25, -0.2) is 0 Å². The van der Waals surface area contributed by atoms with E-state index in [1.54, 1.807) is 24.5 Å². The molecule has 5 heteroatoms. The van der Waals surface area contributed by atoms with E-state index in [0.717, 1.165) is 23.2 Å². The molecule has 5 nitrogen and oxygen atoms in total. The summed E-state index contributed by atoms with van der Waals surface area (Å²) >= 11 is 0. The lowest BCUT2D eigenvalue weighted by Gasteiger charge is -2.10. The van der Waals surface area contributed by atoms with Gasteiger partial charge >= 0.3 is 0 Å². The number of carbonyl (C=O) groups excluding carboxylic acids is 1. The number of pyridine rings is 1. The van der Waals surface area contributed by atoms with Crippen molar-refractivity contribution in [1.29, 1.82) is 0 Å². The van der Waals surface area contributed by atoms with Crippen LogP contribution in [0.1, 0.15) is 13.8 Å². The summed E-state index contributed by atoms with van der Waals surface area (Å²) in [5, 5.41) is 3.81. The van der Waals surface area contributed by atoms with Crippen molar-refractivity contribution in [3.05, 3.63) is 55.0 Å². The van der Waals surface area contributed by atoms with Crippen LogP contribution < -0.4 is 10.1 Å². The molecular formula is C19H21N3O2. The highest BCUT2D eigenvalue weighted by Gasteiger charge is 2.09. The third-order valence-corrected chi connectivity index (χ3v) is 3.66. The lowest BCUT2D eigenvalue weighted by Crippen LogP contribution is -2.20. The predicted octanol–water partition coefficient (Wildman–Crippen LogP) is 3.71. The number of fused-ring (bicyclic) bond motifs is 1. The molecule has 2 aromatic heterocycles. The molecule has 1 amide bonds. The normalized spacial score (nSPS) is 11.0. The fourth-order valence-corrected chi connectivity index (χ4v) is 2.65. The van der Waals surface area contributed by atoms with E-state index >= 15 is 0 Å². The van der Waals surface area contributed by atoms with Gasteiger partial charge in [0.05, 0.1) is 5.52 Å². The van der Waals surface area contributed by atoms with E-state index in [9.17, 15) is 4.79 Å². The molecular weight excluding hydrogens is 302 g/mol. The summed E-state index contributed by atoms with van der Waals surface area (Å²) < 4.78 is 7.94. The number of carbonyl (C=O) groups is 1. The van der Waals surface area contributed by atoms with Gasteiger partial charge in [-0.15, -0.1) is 0 Å². The second kappa shape index (κ2) is 7.17. The summed E-state index contributed by atoms with van der Waals surface area (Å²) in [7, 11) is 0. The molecule has 0 radical (unpaired) electrons. The van der Waals surface area contributed by atoms with Crippen LogP contribution in [0.15, 0.2) is 55.0 Å². The third-order valence-electron chi connectivity index (χ3n) is 3.66. The van der Waals surface area contributed by atoms with Gasteiger partial charge in [0.25, 0.3) is 5.91 Å². The quantitative estimate of drug-likeness (QED) is 0.752. The van der Waals surface area contributed by atoms with Crippen LogP contribution in [0.5, 0.6) is 5.75 Å². The van der Waals surface area contributed by atoms with Crippen LogP contribution in [0, 0.1) is 5.92 Å². The Morgan fingerprint density at radius 2 is 2.00 bits per heavy atom. The molecule has 0 fully saturated rings. The van der Waals surface area contributed by atoms with Gasteiger partial charge in [0, 0.05) is 36.2 Å². The zero-order valence-corrected chi connectivity index (χ0v) is 13.9. The molecule has 2 heterocycles. The minimum Gasteiger partial charge on any atom is -0.483 e. The first-order chi connectivity index (χ1) is 11.6. The standard InChI is InChI=1S/C19H21N3O2/c1-14(2)12-22-11-8-16-17(22)4-3-5-18(16)24-13-19(23)21-15-6-9-20-10-7-15/h3-11,14H,12-13H2,1-2H3,(H,20,21,23). The summed E-state index contributed by atoms with van der Waals surface area (Å²) in [5.74, 6) is 1.09. The highest BCUT2D eigenvalue weighted by atomic mass is 16.5. The molecule has 1 N–H and O–H groups in total. The maximum absolute atomic E-state index is 12.0. The molecule has 3 aromatic rings. The second-order valence-electron chi connectivity index (χ2n) is 6.12. The van der Waals surface area contributed by atoms with E-state index in [1.807, 2.05) is 18.2 Å². The van der Waals surface area contributed by atoms with E-state index in [-0.39, 0.29) is 12.5 Å². The highest BCUT2D eigenvalue weighted by molar-refractivity contribution is 5.92. The molecule has 3 rings (SSSR count). The summed E-state index contributed by atoms with van der Waals surface area (Å²) in [6, 6.07) is 11.4. The van der Waals surface area contributed by atoms with Crippen molar-refractivity contribution in [3.63, 3.8) is 0 Å². The van der Waals surface area contributed by atoms with Crippen LogP contribution in [0.25, 0.3) is 10.9 Å². The van der Waals surface area contributed by atoms with Crippen molar-refractivity contribution < 1.29 is 9.53 Å². The molecule has 0 saturated carbocycles. The number of hydrogen-bond donors (Lipinski definition) is 1. The Hall–Kier alpha value is -2.82. The van der Waals surface area contributed by atoms with Crippen LogP contribution in [0.3, 0.4) is 0 Å². The van der Waals surface area contributed by atoms with Gasteiger partial charge in [0.2, 0.25) is 0 Å². The molecule has 0 spiro atoms. The maximum Gasteiger partial charge on any atom is 0.262 e. The molecule has 0 saturated heterocycles. The van der Waals surface area contributed by atoms with Crippen molar-refractivity contribution in [3.8, 4) is 5.75 Å². The Balaban J connectivity index is 1.69. The molecule has 0 aliphatic heterocycles. The van der Waals surface area contributed by atoms with E-state index in [0.29, 0.717) is 11.6 Å². The molecule has 0 bridgehead atoms. The molecule has 124 valence electrons. The van der Waals surface area contributed by atoms with Crippen molar-refractivity contribution in [2.75, 3.05) is 11.9 Å². The lowest BCUT2D eigenvalue weighted by molar-refractivity contribution is -0.118. The number of ether oxygens (including phenoxy) is 1. The van der Waals surface area contributed by atoms with E-state index in [1.165, 1.54) is 0 Å². The summed E-state index contributed by atoms with van der Waals surface area (Å²) in [6.07, 6.45) is 5.33. The van der Waals surface area contributed by atoms with Gasteiger partial charge in [-0.3, -0.25) is 9.78 Å². The number of rotatable bonds is 6. The van der Waals surface area contributed by atoms with Gasteiger partial charge in [-0.2, -0.15) is 0 Å². The van der Waals surface area contributed by atoms with Gasteiger partial charge in [0.1, 0.15) is 5.75 Å². The number of amides is 1. The molecule has 24 heavy (non-hydrogen) atoms. The molecule has 0 aliphatic rings. The van der Waals surface area contributed by atoms with Crippen LogP contribution in [0.2, 0.25) is 0 Å². The predicted molar refractivity (Wildman–Crippen MR) is 95.1 cm³/mol. The Labute approximate surface area is 141 Å². The van der Waals surface area contributed by atoms with Crippen molar-refractivity contribution in [2.45, 2.75) is 20.4 Å². The number of nitrogens with zero attached hydrogens (tertiary/aromatic N) is 2. The van der Waals surface area contributed by atoms with Crippen molar-refractivity contribution in [1.82, 2.24) is 9.55 Å². The average molecular weight is 323 g/mol. The SMILES string of the molecule is CC(C)Cn1ccc2c(OCC(=O)Nc3ccncc3)cccc21. The summed E-state index contributed by atoms with van der Waals surface area (Å²) in [4.78, 5) is 15.9. The third kappa shape index (κ3) is 3.74.